The Bertz CT molecular complexity index is 488. The topological polar surface area (TPSA) is 67.8 Å². The van der Waals surface area contributed by atoms with Crippen LogP contribution in [0.4, 0.5) is 0 Å². The fourth-order valence-electron chi connectivity index (χ4n) is 2.02. The maximum atomic E-state index is 11.9. The van der Waals surface area contributed by atoms with Crippen molar-refractivity contribution < 1.29 is 19.4 Å². The molecule has 1 aromatic rings. The first-order valence-corrected chi connectivity index (χ1v) is 7.55. The molecule has 0 aromatic heterocycles. The Morgan fingerprint density at radius 1 is 1.23 bits per heavy atom. The standard InChI is InChI=1S/C17H27NO4/c1-11(2)12(3)8-17(20)18-10-15(19)14-9-13(21-4)6-7-16(14)22-5/h6-7,9,11-12,15,19H,8,10H2,1-5H3,(H,18,20). The summed E-state index contributed by atoms with van der Waals surface area (Å²) in [4.78, 5) is 11.9. The monoisotopic (exact) mass is 309 g/mol. The molecule has 22 heavy (non-hydrogen) atoms. The van der Waals surface area contributed by atoms with Gasteiger partial charge in [0, 0.05) is 18.5 Å². The van der Waals surface area contributed by atoms with Gasteiger partial charge in [0.25, 0.3) is 0 Å². The molecule has 0 saturated heterocycles. The molecule has 2 unspecified atom stereocenters. The largest absolute Gasteiger partial charge is 0.497 e. The minimum atomic E-state index is -0.844. The van der Waals surface area contributed by atoms with Crippen molar-refractivity contribution in [2.24, 2.45) is 11.8 Å². The molecule has 0 aliphatic heterocycles. The number of rotatable bonds is 8. The molecule has 1 rings (SSSR count). The molecule has 0 heterocycles. The highest BCUT2D eigenvalue weighted by atomic mass is 16.5. The number of methoxy groups -OCH3 is 2. The normalized spacial score (nSPS) is 13.6. The van der Waals surface area contributed by atoms with Gasteiger partial charge >= 0.3 is 0 Å². The molecule has 0 saturated carbocycles. The van der Waals surface area contributed by atoms with Crippen molar-refractivity contribution in [3.8, 4) is 11.5 Å². The Hall–Kier alpha value is -1.75. The summed E-state index contributed by atoms with van der Waals surface area (Å²) in [6.45, 7) is 6.38. The second-order valence-corrected chi connectivity index (χ2v) is 5.85. The Balaban J connectivity index is 2.65. The van der Waals surface area contributed by atoms with Gasteiger partial charge in [-0.2, -0.15) is 0 Å². The van der Waals surface area contributed by atoms with E-state index in [-0.39, 0.29) is 12.5 Å². The molecule has 0 bridgehead atoms. The van der Waals surface area contributed by atoms with Gasteiger partial charge in [-0.1, -0.05) is 20.8 Å². The predicted molar refractivity (Wildman–Crippen MR) is 86.1 cm³/mol. The van der Waals surface area contributed by atoms with Crippen LogP contribution in [-0.4, -0.2) is 31.8 Å². The second kappa shape index (κ2) is 8.63. The lowest BCUT2D eigenvalue weighted by Crippen LogP contribution is -2.30. The van der Waals surface area contributed by atoms with E-state index < -0.39 is 6.10 Å². The maximum Gasteiger partial charge on any atom is 0.220 e. The number of hydrogen-bond acceptors (Lipinski definition) is 4. The molecule has 1 amide bonds. The van der Waals surface area contributed by atoms with E-state index in [4.69, 9.17) is 9.47 Å². The molecule has 2 N–H and O–H groups in total. The van der Waals surface area contributed by atoms with Crippen LogP contribution >= 0.6 is 0 Å². The average molecular weight is 309 g/mol. The zero-order valence-electron chi connectivity index (χ0n) is 14.1. The third-order valence-corrected chi connectivity index (χ3v) is 3.93. The number of amides is 1. The predicted octanol–water partition coefficient (Wildman–Crippen LogP) is 2.54. The summed E-state index contributed by atoms with van der Waals surface area (Å²) in [6, 6.07) is 5.21. The van der Waals surface area contributed by atoms with Gasteiger partial charge in [-0.15, -0.1) is 0 Å². The number of aliphatic hydroxyl groups is 1. The minimum Gasteiger partial charge on any atom is -0.497 e. The van der Waals surface area contributed by atoms with Gasteiger partial charge in [-0.3, -0.25) is 4.79 Å². The van der Waals surface area contributed by atoms with E-state index in [2.05, 4.69) is 19.2 Å². The molecule has 5 heteroatoms. The highest BCUT2D eigenvalue weighted by Crippen LogP contribution is 2.29. The van der Waals surface area contributed by atoms with Crippen LogP contribution in [0.1, 0.15) is 38.9 Å². The SMILES string of the molecule is COc1ccc(OC)c(C(O)CNC(=O)CC(C)C(C)C)c1. The van der Waals surface area contributed by atoms with Gasteiger partial charge in [0.2, 0.25) is 5.91 Å². The van der Waals surface area contributed by atoms with E-state index in [1.54, 1.807) is 32.4 Å². The van der Waals surface area contributed by atoms with Crippen LogP contribution in [-0.2, 0) is 4.79 Å². The molecular weight excluding hydrogens is 282 g/mol. The Kier molecular flexibility index (Phi) is 7.18. The molecular formula is C17H27NO4. The van der Waals surface area contributed by atoms with Crippen LogP contribution in [0.3, 0.4) is 0 Å². The molecule has 1 aromatic carbocycles. The fraction of sp³-hybridized carbons (Fsp3) is 0.588. The van der Waals surface area contributed by atoms with Crippen LogP contribution in [0.15, 0.2) is 18.2 Å². The van der Waals surface area contributed by atoms with Crippen LogP contribution in [0, 0.1) is 11.8 Å². The third kappa shape index (κ3) is 5.22. The summed E-state index contributed by atoms with van der Waals surface area (Å²) in [7, 11) is 3.11. The smallest absolute Gasteiger partial charge is 0.220 e. The third-order valence-electron chi connectivity index (χ3n) is 3.93. The number of carbonyl (C=O) groups excluding carboxylic acids is 1. The molecule has 0 fully saturated rings. The van der Waals surface area contributed by atoms with E-state index in [0.717, 1.165) is 0 Å². The average Bonchev–Trinajstić information content (AvgIpc) is 2.51. The highest BCUT2D eigenvalue weighted by molar-refractivity contribution is 5.76. The van der Waals surface area contributed by atoms with Crippen molar-refractivity contribution in [2.75, 3.05) is 20.8 Å². The molecule has 0 aliphatic rings. The van der Waals surface area contributed by atoms with Gasteiger partial charge in [0.15, 0.2) is 0 Å². The van der Waals surface area contributed by atoms with Crippen LogP contribution in [0.2, 0.25) is 0 Å². The molecule has 5 nitrogen and oxygen atoms in total. The van der Waals surface area contributed by atoms with E-state index >= 15 is 0 Å². The lowest BCUT2D eigenvalue weighted by atomic mass is 9.94. The van der Waals surface area contributed by atoms with Gasteiger partial charge < -0.3 is 19.9 Å². The summed E-state index contributed by atoms with van der Waals surface area (Å²) in [5.41, 5.74) is 0.596. The van der Waals surface area contributed by atoms with Crippen molar-refractivity contribution in [3.63, 3.8) is 0 Å². The number of nitrogens with one attached hydrogen (secondary N) is 1. The van der Waals surface area contributed by atoms with Crippen molar-refractivity contribution in [1.29, 1.82) is 0 Å². The molecule has 2 atom stereocenters. The zero-order chi connectivity index (χ0) is 16.7. The number of benzene rings is 1. The van der Waals surface area contributed by atoms with Gasteiger partial charge in [0.05, 0.1) is 20.3 Å². The highest BCUT2D eigenvalue weighted by Gasteiger charge is 2.17. The van der Waals surface area contributed by atoms with Crippen molar-refractivity contribution >= 4 is 5.91 Å². The van der Waals surface area contributed by atoms with Crippen LogP contribution in [0.5, 0.6) is 11.5 Å². The molecule has 0 aliphatic carbocycles. The summed E-state index contributed by atoms with van der Waals surface area (Å²) >= 11 is 0. The van der Waals surface area contributed by atoms with Crippen molar-refractivity contribution in [1.82, 2.24) is 5.32 Å². The number of carbonyl (C=O) groups is 1. The molecule has 0 spiro atoms. The fourth-order valence-corrected chi connectivity index (χ4v) is 2.02. The van der Waals surface area contributed by atoms with Gasteiger partial charge in [-0.25, -0.2) is 0 Å². The lowest BCUT2D eigenvalue weighted by Gasteiger charge is -2.18. The second-order valence-electron chi connectivity index (χ2n) is 5.85. The summed E-state index contributed by atoms with van der Waals surface area (Å²) in [5, 5.41) is 13.1. The quantitative estimate of drug-likeness (QED) is 0.774. The number of ether oxygens (including phenoxy) is 2. The maximum absolute atomic E-state index is 11.9. The summed E-state index contributed by atoms with van der Waals surface area (Å²) < 4.78 is 10.4. The van der Waals surface area contributed by atoms with Crippen molar-refractivity contribution in [2.45, 2.75) is 33.3 Å². The Labute approximate surface area is 132 Å². The summed E-state index contributed by atoms with van der Waals surface area (Å²) in [6.07, 6.45) is -0.386. The summed E-state index contributed by atoms with van der Waals surface area (Å²) in [5.74, 6) is 1.91. The van der Waals surface area contributed by atoms with Crippen LogP contribution in [0.25, 0.3) is 0 Å². The van der Waals surface area contributed by atoms with Gasteiger partial charge in [-0.05, 0) is 30.0 Å². The lowest BCUT2D eigenvalue weighted by molar-refractivity contribution is -0.122. The Morgan fingerprint density at radius 3 is 2.45 bits per heavy atom. The van der Waals surface area contributed by atoms with Gasteiger partial charge in [0.1, 0.15) is 11.5 Å². The Morgan fingerprint density at radius 2 is 1.91 bits per heavy atom. The number of aliphatic hydroxyl groups excluding tert-OH is 1. The van der Waals surface area contributed by atoms with Crippen molar-refractivity contribution in [3.05, 3.63) is 23.8 Å². The molecule has 124 valence electrons. The van der Waals surface area contributed by atoms with Crippen LogP contribution < -0.4 is 14.8 Å². The van der Waals surface area contributed by atoms with E-state index in [0.29, 0.717) is 35.3 Å². The minimum absolute atomic E-state index is 0.0536. The zero-order valence-corrected chi connectivity index (χ0v) is 14.1. The number of hydrogen-bond donors (Lipinski definition) is 2. The van der Waals surface area contributed by atoms with E-state index in [1.165, 1.54) is 0 Å². The molecule has 0 radical (unpaired) electrons. The van der Waals surface area contributed by atoms with E-state index in [9.17, 15) is 9.90 Å². The van der Waals surface area contributed by atoms with E-state index in [1.807, 2.05) is 6.92 Å². The first-order valence-electron chi connectivity index (χ1n) is 7.55. The first-order chi connectivity index (χ1) is 10.4. The first kappa shape index (κ1) is 18.3.